The van der Waals surface area contributed by atoms with E-state index >= 15 is 0 Å². The summed E-state index contributed by atoms with van der Waals surface area (Å²) in [4.78, 5) is 20.7. The van der Waals surface area contributed by atoms with Crippen LogP contribution in [-0.4, -0.2) is 67.9 Å². The summed E-state index contributed by atoms with van der Waals surface area (Å²) in [5.74, 6) is 1.48. The van der Waals surface area contributed by atoms with Crippen molar-refractivity contribution in [1.82, 2.24) is 29.3 Å². The van der Waals surface area contributed by atoms with Gasteiger partial charge < -0.3 is 10.2 Å². The van der Waals surface area contributed by atoms with E-state index in [2.05, 4.69) is 30.3 Å². The second kappa shape index (κ2) is 6.52. The van der Waals surface area contributed by atoms with Crippen molar-refractivity contribution in [2.24, 2.45) is 7.05 Å². The highest BCUT2D eigenvalue weighted by molar-refractivity contribution is 5.91. The lowest BCUT2D eigenvalue weighted by atomic mass is 10.3. The van der Waals surface area contributed by atoms with Crippen LogP contribution in [0, 0.1) is 0 Å². The third kappa shape index (κ3) is 3.45. The number of nitrogens with zero attached hydrogens (tertiary/aromatic N) is 7. The van der Waals surface area contributed by atoms with Crippen LogP contribution in [0.4, 0.5) is 11.6 Å². The Bertz CT molecular complexity index is 877. The highest BCUT2D eigenvalue weighted by atomic mass is 16.2. The van der Waals surface area contributed by atoms with Crippen molar-refractivity contribution in [2.45, 2.75) is 0 Å². The average Bonchev–Trinajstić information content (AvgIpc) is 3.23. The molecule has 0 radical (unpaired) electrons. The molecule has 25 heavy (non-hydrogen) atoms. The number of hydrogen-bond donors (Lipinski definition) is 1. The summed E-state index contributed by atoms with van der Waals surface area (Å²) in [6, 6.07) is 5.74. The number of aromatic nitrogens is 5. The minimum atomic E-state index is -0.0369. The number of aryl methyl sites for hydroxylation is 1. The smallest absolute Gasteiger partial charge is 0.239 e. The van der Waals surface area contributed by atoms with Crippen molar-refractivity contribution < 1.29 is 4.79 Å². The van der Waals surface area contributed by atoms with E-state index in [0.717, 1.165) is 37.6 Å². The van der Waals surface area contributed by atoms with Gasteiger partial charge >= 0.3 is 0 Å². The van der Waals surface area contributed by atoms with Gasteiger partial charge in [-0.3, -0.25) is 14.4 Å². The predicted molar refractivity (Wildman–Crippen MR) is 93.5 cm³/mol. The molecule has 4 heterocycles. The number of hydrogen-bond acceptors (Lipinski definition) is 6. The van der Waals surface area contributed by atoms with Gasteiger partial charge in [0.15, 0.2) is 11.5 Å². The molecule has 130 valence electrons. The minimum Gasteiger partial charge on any atom is -0.353 e. The summed E-state index contributed by atoms with van der Waals surface area (Å²) in [6.07, 6.45) is 5.39. The molecule has 1 N–H and O–H groups in total. The maximum absolute atomic E-state index is 12.1. The van der Waals surface area contributed by atoms with Gasteiger partial charge in [-0.05, 0) is 12.1 Å². The first-order valence-corrected chi connectivity index (χ1v) is 8.24. The highest BCUT2D eigenvalue weighted by Gasteiger charge is 2.20. The lowest BCUT2D eigenvalue weighted by Crippen LogP contribution is -2.49. The molecule has 1 aliphatic heterocycles. The van der Waals surface area contributed by atoms with Crippen molar-refractivity contribution in [3.63, 3.8) is 0 Å². The summed E-state index contributed by atoms with van der Waals surface area (Å²) < 4.78 is 3.44. The zero-order valence-corrected chi connectivity index (χ0v) is 14.0. The first-order valence-electron chi connectivity index (χ1n) is 8.24. The molecule has 3 aromatic rings. The minimum absolute atomic E-state index is 0.0369. The molecule has 4 rings (SSSR count). The van der Waals surface area contributed by atoms with E-state index in [4.69, 9.17) is 0 Å². The van der Waals surface area contributed by atoms with Crippen molar-refractivity contribution in [3.8, 4) is 0 Å². The van der Waals surface area contributed by atoms with Gasteiger partial charge in [0.1, 0.15) is 5.82 Å². The Morgan fingerprint density at radius 2 is 1.96 bits per heavy atom. The molecule has 0 atom stereocenters. The quantitative estimate of drug-likeness (QED) is 0.732. The Labute approximate surface area is 144 Å². The molecule has 1 amide bonds. The van der Waals surface area contributed by atoms with E-state index in [1.165, 1.54) is 0 Å². The number of rotatable bonds is 4. The molecule has 9 heteroatoms. The second-order valence-corrected chi connectivity index (χ2v) is 6.11. The summed E-state index contributed by atoms with van der Waals surface area (Å²) in [7, 11) is 1.82. The number of amides is 1. The number of carbonyl (C=O) groups excluding carboxylic acids is 1. The molecular weight excluding hydrogens is 320 g/mol. The Morgan fingerprint density at radius 1 is 1.12 bits per heavy atom. The molecule has 0 saturated carbocycles. The number of fused-ring (bicyclic) bond motifs is 1. The van der Waals surface area contributed by atoms with Gasteiger partial charge in [0.05, 0.1) is 6.54 Å². The summed E-state index contributed by atoms with van der Waals surface area (Å²) >= 11 is 0. The normalized spacial score (nSPS) is 15.6. The molecule has 9 nitrogen and oxygen atoms in total. The molecule has 1 saturated heterocycles. The standard InChI is InChI=1S/C16H20N8O/c1-21-6-4-13(19-21)18-16(25)12-22-8-10-23(11-9-22)15-3-2-14-17-5-7-24(14)20-15/h2-7H,8-12H2,1H3,(H,18,19,25). The van der Waals surface area contributed by atoms with Gasteiger partial charge in [-0.15, -0.1) is 5.10 Å². The first kappa shape index (κ1) is 15.6. The fourth-order valence-electron chi connectivity index (χ4n) is 2.98. The Hall–Kier alpha value is -2.94. The van der Waals surface area contributed by atoms with Crippen LogP contribution in [-0.2, 0) is 11.8 Å². The van der Waals surface area contributed by atoms with Crippen molar-refractivity contribution in [2.75, 3.05) is 42.9 Å². The number of anilines is 2. The number of imidazole rings is 1. The lowest BCUT2D eigenvalue weighted by Gasteiger charge is -2.34. The maximum Gasteiger partial charge on any atom is 0.239 e. The predicted octanol–water partition coefficient (Wildman–Crippen LogP) is 0.224. The van der Waals surface area contributed by atoms with E-state index in [9.17, 15) is 4.79 Å². The van der Waals surface area contributed by atoms with E-state index in [1.807, 2.05) is 25.4 Å². The Morgan fingerprint density at radius 3 is 2.72 bits per heavy atom. The van der Waals surface area contributed by atoms with Crippen molar-refractivity contribution in [3.05, 3.63) is 36.8 Å². The topological polar surface area (TPSA) is 83.6 Å². The van der Waals surface area contributed by atoms with Gasteiger partial charge in [0, 0.05) is 57.9 Å². The summed E-state index contributed by atoms with van der Waals surface area (Å²) in [6.45, 7) is 3.69. The highest BCUT2D eigenvalue weighted by Crippen LogP contribution is 2.14. The fourth-order valence-corrected chi connectivity index (χ4v) is 2.98. The molecule has 3 aromatic heterocycles. The van der Waals surface area contributed by atoms with Gasteiger partial charge in [0.2, 0.25) is 5.91 Å². The fraction of sp³-hybridized carbons (Fsp3) is 0.375. The van der Waals surface area contributed by atoms with E-state index in [-0.39, 0.29) is 5.91 Å². The van der Waals surface area contributed by atoms with E-state index in [1.54, 1.807) is 27.7 Å². The van der Waals surface area contributed by atoms with Gasteiger partial charge in [-0.25, -0.2) is 9.50 Å². The second-order valence-electron chi connectivity index (χ2n) is 6.11. The number of carbonyl (C=O) groups is 1. The van der Waals surface area contributed by atoms with Crippen LogP contribution >= 0.6 is 0 Å². The SMILES string of the molecule is Cn1ccc(NC(=O)CN2CCN(c3ccc4nccn4n3)CC2)n1. The van der Waals surface area contributed by atoms with Crippen LogP contribution in [0.5, 0.6) is 0 Å². The monoisotopic (exact) mass is 340 g/mol. The maximum atomic E-state index is 12.1. The van der Waals surface area contributed by atoms with Gasteiger partial charge in [-0.1, -0.05) is 0 Å². The number of piperazine rings is 1. The van der Waals surface area contributed by atoms with Crippen LogP contribution in [0.25, 0.3) is 5.65 Å². The zero-order valence-electron chi connectivity index (χ0n) is 14.0. The summed E-state index contributed by atoms with van der Waals surface area (Å²) in [5, 5.41) is 11.6. The van der Waals surface area contributed by atoms with Crippen LogP contribution in [0.2, 0.25) is 0 Å². The molecule has 1 aliphatic rings. The first-order chi connectivity index (χ1) is 12.2. The summed E-state index contributed by atoms with van der Waals surface area (Å²) in [5.41, 5.74) is 0.841. The molecule has 0 unspecified atom stereocenters. The average molecular weight is 340 g/mol. The van der Waals surface area contributed by atoms with Crippen LogP contribution in [0.1, 0.15) is 0 Å². The largest absolute Gasteiger partial charge is 0.353 e. The molecule has 0 bridgehead atoms. The van der Waals surface area contributed by atoms with Crippen LogP contribution in [0.3, 0.4) is 0 Å². The van der Waals surface area contributed by atoms with Gasteiger partial charge in [0.25, 0.3) is 0 Å². The Balaban J connectivity index is 1.31. The molecule has 1 fully saturated rings. The zero-order chi connectivity index (χ0) is 17.2. The third-order valence-corrected chi connectivity index (χ3v) is 4.29. The van der Waals surface area contributed by atoms with E-state index in [0.29, 0.717) is 12.4 Å². The molecule has 0 aromatic carbocycles. The molecular formula is C16H20N8O. The molecule has 0 spiro atoms. The molecule has 0 aliphatic carbocycles. The number of nitrogens with one attached hydrogen (secondary N) is 1. The third-order valence-electron chi connectivity index (χ3n) is 4.29. The van der Waals surface area contributed by atoms with Gasteiger partial charge in [-0.2, -0.15) is 5.10 Å². The van der Waals surface area contributed by atoms with E-state index < -0.39 is 0 Å². The van der Waals surface area contributed by atoms with Crippen molar-refractivity contribution in [1.29, 1.82) is 0 Å². The lowest BCUT2D eigenvalue weighted by molar-refractivity contribution is -0.117. The van der Waals surface area contributed by atoms with Crippen molar-refractivity contribution >= 4 is 23.2 Å². The van der Waals surface area contributed by atoms with Crippen LogP contribution in [0.15, 0.2) is 36.8 Å². The van der Waals surface area contributed by atoms with Crippen LogP contribution < -0.4 is 10.2 Å². The Kier molecular flexibility index (Phi) is 4.06.